The van der Waals surface area contributed by atoms with E-state index in [0.29, 0.717) is 12.4 Å². The van der Waals surface area contributed by atoms with Gasteiger partial charge in [0.15, 0.2) is 0 Å². The summed E-state index contributed by atoms with van der Waals surface area (Å²) in [4.78, 5) is 28.7. The van der Waals surface area contributed by atoms with Gasteiger partial charge in [-0.3, -0.25) is 9.79 Å². The van der Waals surface area contributed by atoms with Gasteiger partial charge >= 0.3 is 5.97 Å². The highest BCUT2D eigenvalue weighted by molar-refractivity contribution is 6.39. The first-order valence-electron chi connectivity index (χ1n) is 11.1. The second kappa shape index (κ2) is 13.2. The SMILES string of the molecule is O=C(NC(Cc1ccc(OCCCCNC2=NCCNC2)cc1)C(=O)O)c1c(Cl)cccc1Cl. The van der Waals surface area contributed by atoms with Crippen molar-refractivity contribution in [2.24, 2.45) is 4.99 Å². The van der Waals surface area contributed by atoms with Gasteiger partial charge in [-0.25, -0.2) is 4.79 Å². The minimum Gasteiger partial charge on any atom is -0.494 e. The van der Waals surface area contributed by atoms with Crippen molar-refractivity contribution in [3.8, 4) is 5.75 Å². The number of carbonyl (C=O) groups excluding carboxylic acids is 1. The van der Waals surface area contributed by atoms with E-state index in [9.17, 15) is 14.7 Å². The average molecular weight is 507 g/mol. The molecule has 0 aromatic heterocycles. The molecular weight excluding hydrogens is 479 g/mol. The third-order valence-electron chi connectivity index (χ3n) is 5.21. The number of hydrogen-bond donors (Lipinski definition) is 4. The van der Waals surface area contributed by atoms with Crippen LogP contribution >= 0.6 is 23.2 Å². The molecule has 8 nitrogen and oxygen atoms in total. The number of unbranched alkanes of at least 4 members (excludes halogenated alkanes) is 1. The number of nitrogens with one attached hydrogen (secondary N) is 3. The third-order valence-corrected chi connectivity index (χ3v) is 5.84. The number of amides is 1. The zero-order chi connectivity index (χ0) is 24.3. The van der Waals surface area contributed by atoms with Gasteiger partial charge in [0.25, 0.3) is 5.91 Å². The van der Waals surface area contributed by atoms with Crippen LogP contribution in [0.1, 0.15) is 28.8 Å². The molecule has 2 aromatic rings. The van der Waals surface area contributed by atoms with Crippen LogP contribution in [-0.2, 0) is 11.2 Å². The Morgan fingerprint density at radius 3 is 2.50 bits per heavy atom. The predicted octanol–water partition coefficient (Wildman–Crippen LogP) is 3.17. The van der Waals surface area contributed by atoms with E-state index in [1.54, 1.807) is 30.3 Å². The molecule has 1 heterocycles. The van der Waals surface area contributed by atoms with Gasteiger partial charge in [0.2, 0.25) is 0 Å². The molecule has 0 saturated carbocycles. The lowest BCUT2D eigenvalue weighted by Gasteiger charge is -2.16. The van der Waals surface area contributed by atoms with Crippen LogP contribution in [0, 0.1) is 0 Å². The van der Waals surface area contributed by atoms with Crippen LogP contribution in [0.25, 0.3) is 0 Å². The smallest absolute Gasteiger partial charge is 0.326 e. The van der Waals surface area contributed by atoms with Gasteiger partial charge < -0.3 is 25.8 Å². The molecule has 1 unspecified atom stereocenters. The van der Waals surface area contributed by atoms with Gasteiger partial charge in [-0.1, -0.05) is 41.4 Å². The molecule has 182 valence electrons. The average Bonchev–Trinajstić information content (AvgIpc) is 2.82. The summed E-state index contributed by atoms with van der Waals surface area (Å²) in [5.41, 5.74) is 0.802. The van der Waals surface area contributed by atoms with E-state index in [0.717, 1.165) is 50.4 Å². The normalized spacial score (nSPS) is 14.1. The molecule has 0 fully saturated rings. The number of amidine groups is 1. The molecule has 0 saturated heterocycles. The maximum atomic E-state index is 12.6. The molecule has 0 radical (unpaired) electrons. The third kappa shape index (κ3) is 7.90. The number of carbonyl (C=O) groups is 2. The number of nitrogens with zero attached hydrogens (tertiary/aromatic N) is 1. The predicted molar refractivity (Wildman–Crippen MR) is 133 cm³/mol. The monoisotopic (exact) mass is 506 g/mol. The van der Waals surface area contributed by atoms with Crippen molar-refractivity contribution in [1.82, 2.24) is 16.0 Å². The molecule has 10 heteroatoms. The van der Waals surface area contributed by atoms with E-state index >= 15 is 0 Å². The molecule has 1 atom stereocenters. The lowest BCUT2D eigenvalue weighted by Crippen LogP contribution is -2.42. The minimum absolute atomic E-state index is 0.0550. The van der Waals surface area contributed by atoms with Gasteiger partial charge in [-0.15, -0.1) is 0 Å². The zero-order valence-corrected chi connectivity index (χ0v) is 20.2. The second-order valence-corrected chi connectivity index (χ2v) is 8.61. The van der Waals surface area contributed by atoms with Gasteiger partial charge in [0.05, 0.1) is 35.3 Å². The number of aliphatic carboxylic acids is 1. The molecule has 1 aliphatic rings. The largest absolute Gasteiger partial charge is 0.494 e. The lowest BCUT2D eigenvalue weighted by molar-refractivity contribution is -0.139. The Hall–Kier alpha value is -2.81. The Kier molecular flexibility index (Phi) is 10.00. The van der Waals surface area contributed by atoms with Crippen molar-refractivity contribution in [2.45, 2.75) is 25.3 Å². The molecule has 4 N–H and O–H groups in total. The highest BCUT2D eigenvalue weighted by Gasteiger charge is 2.23. The fourth-order valence-corrected chi connectivity index (χ4v) is 3.97. The van der Waals surface area contributed by atoms with Gasteiger partial charge in [-0.05, 0) is 42.7 Å². The summed E-state index contributed by atoms with van der Waals surface area (Å²) in [5, 5.41) is 19.0. The summed E-state index contributed by atoms with van der Waals surface area (Å²) in [6.07, 6.45) is 1.97. The maximum Gasteiger partial charge on any atom is 0.326 e. The van der Waals surface area contributed by atoms with Crippen LogP contribution < -0.4 is 20.7 Å². The number of carboxylic acids is 1. The molecule has 3 rings (SSSR count). The Balaban J connectivity index is 1.44. The molecule has 1 aliphatic heterocycles. The number of aliphatic imine (C=N–C) groups is 1. The summed E-state index contributed by atoms with van der Waals surface area (Å²) in [6, 6.07) is 10.7. The minimum atomic E-state index is -1.15. The number of hydrogen-bond acceptors (Lipinski definition) is 6. The van der Waals surface area contributed by atoms with Gasteiger partial charge in [0.1, 0.15) is 17.6 Å². The van der Waals surface area contributed by atoms with Crippen molar-refractivity contribution in [3.05, 3.63) is 63.6 Å². The summed E-state index contributed by atoms with van der Waals surface area (Å²) in [5.74, 6) is -0.0744. The first-order chi connectivity index (χ1) is 16.4. The quantitative estimate of drug-likeness (QED) is 0.348. The summed E-state index contributed by atoms with van der Waals surface area (Å²) in [6.45, 7) is 3.98. The first kappa shape index (κ1) is 25.8. The Morgan fingerprint density at radius 1 is 1.12 bits per heavy atom. The summed E-state index contributed by atoms with van der Waals surface area (Å²) in [7, 11) is 0. The number of rotatable bonds is 11. The first-order valence-corrected chi connectivity index (χ1v) is 11.9. The number of benzene rings is 2. The van der Waals surface area contributed by atoms with E-state index < -0.39 is 17.9 Å². The van der Waals surface area contributed by atoms with Gasteiger partial charge in [0, 0.05) is 19.5 Å². The molecule has 0 spiro atoms. The highest BCUT2D eigenvalue weighted by Crippen LogP contribution is 2.24. The molecule has 2 aromatic carbocycles. The standard InChI is InChI=1S/C24H28Cl2N4O4/c25-18-4-3-5-19(26)22(18)23(31)30-20(24(32)33)14-16-6-8-17(9-7-16)34-13-2-1-10-28-21-15-27-11-12-29-21/h3-9,20,27H,1-2,10-15H2,(H,28,29)(H,30,31)(H,32,33). The molecule has 1 amide bonds. The van der Waals surface area contributed by atoms with Crippen molar-refractivity contribution in [2.75, 3.05) is 32.8 Å². The summed E-state index contributed by atoms with van der Waals surface area (Å²) < 4.78 is 5.77. The number of ether oxygens (including phenoxy) is 1. The number of halogens is 2. The van der Waals surface area contributed by atoms with E-state index in [1.807, 2.05) is 0 Å². The van der Waals surface area contributed by atoms with Crippen LogP contribution in [0.4, 0.5) is 0 Å². The Morgan fingerprint density at radius 2 is 1.85 bits per heavy atom. The second-order valence-electron chi connectivity index (χ2n) is 7.80. The van der Waals surface area contributed by atoms with Crippen LogP contribution in [-0.4, -0.2) is 61.6 Å². The lowest BCUT2D eigenvalue weighted by atomic mass is 10.1. The van der Waals surface area contributed by atoms with Crippen LogP contribution in [0.3, 0.4) is 0 Å². The topological polar surface area (TPSA) is 112 Å². The van der Waals surface area contributed by atoms with Crippen molar-refractivity contribution in [1.29, 1.82) is 0 Å². The van der Waals surface area contributed by atoms with E-state index in [4.69, 9.17) is 27.9 Å². The van der Waals surface area contributed by atoms with Crippen LogP contribution in [0.2, 0.25) is 10.0 Å². The zero-order valence-electron chi connectivity index (χ0n) is 18.7. The maximum absolute atomic E-state index is 12.6. The summed E-state index contributed by atoms with van der Waals surface area (Å²) >= 11 is 12.1. The fourth-order valence-electron chi connectivity index (χ4n) is 3.40. The van der Waals surface area contributed by atoms with E-state index in [1.165, 1.54) is 12.1 Å². The Labute approximate surface area is 208 Å². The molecule has 34 heavy (non-hydrogen) atoms. The molecule has 0 aliphatic carbocycles. The Bertz CT molecular complexity index is 994. The van der Waals surface area contributed by atoms with Gasteiger partial charge in [-0.2, -0.15) is 0 Å². The highest BCUT2D eigenvalue weighted by atomic mass is 35.5. The van der Waals surface area contributed by atoms with Crippen molar-refractivity contribution >= 4 is 40.9 Å². The molecule has 0 bridgehead atoms. The van der Waals surface area contributed by atoms with Crippen molar-refractivity contribution < 1.29 is 19.4 Å². The van der Waals surface area contributed by atoms with E-state index in [-0.39, 0.29) is 22.0 Å². The number of carboxylic acid groups (broad SMARTS) is 1. The van der Waals surface area contributed by atoms with E-state index in [2.05, 4.69) is 20.9 Å². The molecular formula is C24H28Cl2N4O4. The fraction of sp³-hybridized carbons (Fsp3) is 0.375. The van der Waals surface area contributed by atoms with Crippen molar-refractivity contribution in [3.63, 3.8) is 0 Å². The van der Waals surface area contributed by atoms with Crippen LogP contribution in [0.5, 0.6) is 5.75 Å². The van der Waals surface area contributed by atoms with Crippen LogP contribution in [0.15, 0.2) is 47.5 Å².